The second-order valence-electron chi connectivity index (χ2n) is 5.59. The van der Waals surface area contributed by atoms with E-state index in [9.17, 15) is 0 Å². The fourth-order valence-electron chi connectivity index (χ4n) is 2.71. The zero-order valence-electron chi connectivity index (χ0n) is 13.8. The van der Waals surface area contributed by atoms with Crippen LogP contribution in [0.2, 0.25) is 0 Å². The van der Waals surface area contributed by atoms with Gasteiger partial charge in [0.2, 0.25) is 6.79 Å². The van der Waals surface area contributed by atoms with Gasteiger partial charge in [-0.25, -0.2) is 0 Å². The highest BCUT2D eigenvalue weighted by Gasteiger charge is 2.21. The summed E-state index contributed by atoms with van der Waals surface area (Å²) >= 11 is 0. The fraction of sp³-hybridized carbons (Fsp3) is 0.368. The minimum Gasteiger partial charge on any atom is -0.496 e. The molecule has 0 saturated carbocycles. The highest BCUT2D eigenvalue weighted by atomic mass is 16.7. The SMILES string of the molecule is CCCOc1ccc([C@H](C)c2cc3c(cc2OC)OCO3)cc1. The molecule has 4 heteroatoms. The monoisotopic (exact) mass is 314 g/mol. The van der Waals surface area contributed by atoms with E-state index >= 15 is 0 Å². The summed E-state index contributed by atoms with van der Waals surface area (Å²) in [5, 5.41) is 0. The first-order valence-corrected chi connectivity index (χ1v) is 7.93. The Morgan fingerprint density at radius 1 is 1.09 bits per heavy atom. The molecule has 2 aromatic rings. The maximum absolute atomic E-state index is 5.64. The van der Waals surface area contributed by atoms with Crippen molar-refractivity contribution in [3.05, 3.63) is 47.5 Å². The van der Waals surface area contributed by atoms with Gasteiger partial charge in [0.05, 0.1) is 13.7 Å². The largest absolute Gasteiger partial charge is 0.496 e. The Kier molecular flexibility index (Phi) is 4.60. The molecule has 0 bridgehead atoms. The number of hydrogen-bond donors (Lipinski definition) is 0. The third kappa shape index (κ3) is 3.21. The second kappa shape index (κ2) is 6.82. The highest BCUT2D eigenvalue weighted by Crippen LogP contribution is 2.42. The number of benzene rings is 2. The standard InChI is InChI=1S/C19H22O4/c1-4-9-21-15-7-5-14(6-8-15)13(2)16-10-18-19(23-12-22-18)11-17(16)20-3/h5-8,10-11,13H,4,9,12H2,1-3H3/t13-/m0/s1. The molecule has 0 fully saturated rings. The van der Waals surface area contributed by atoms with E-state index in [1.807, 2.05) is 24.3 Å². The molecule has 1 aliphatic heterocycles. The van der Waals surface area contributed by atoms with E-state index in [4.69, 9.17) is 18.9 Å². The molecule has 122 valence electrons. The van der Waals surface area contributed by atoms with Gasteiger partial charge in [0.25, 0.3) is 0 Å². The highest BCUT2D eigenvalue weighted by molar-refractivity contribution is 5.54. The van der Waals surface area contributed by atoms with Crippen LogP contribution in [0, 0.1) is 0 Å². The summed E-state index contributed by atoms with van der Waals surface area (Å²) in [5.74, 6) is 3.41. The number of ether oxygens (including phenoxy) is 4. The van der Waals surface area contributed by atoms with Crippen molar-refractivity contribution in [2.45, 2.75) is 26.2 Å². The molecule has 0 saturated heterocycles. The summed E-state index contributed by atoms with van der Waals surface area (Å²) in [6.45, 7) is 5.26. The molecule has 0 radical (unpaired) electrons. The maximum Gasteiger partial charge on any atom is 0.231 e. The lowest BCUT2D eigenvalue weighted by molar-refractivity contribution is 0.174. The smallest absolute Gasteiger partial charge is 0.231 e. The van der Waals surface area contributed by atoms with Crippen molar-refractivity contribution in [2.75, 3.05) is 20.5 Å². The Labute approximate surface area is 136 Å². The molecule has 0 aromatic heterocycles. The van der Waals surface area contributed by atoms with Gasteiger partial charge in [-0.05, 0) is 30.2 Å². The van der Waals surface area contributed by atoms with Crippen molar-refractivity contribution in [1.29, 1.82) is 0 Å². The van der Waals surface area contributed by atoms with E-state index in [-0.39, 0.29) is 12.7 Å². The summed E-state index contributed by atoms with van der Waals surface area (Å²) in [6, 6.07) is 12.1. The predicted octanol–water partition coefficient (Wildman–Crippen LogP) is 4.36. The van der Waals surface area contributed by atoms with Gasteiger partial charge in [0.1, 0.15) is 11.5 Å². The van der Waals surface area contributed by atoms with Crippen LogP contribution in [-0.2, 0) is 0 Å². The van der Waals surface area contributed by atoms with Gasteiger partial charge >= 0.3 is 0 Å². The van der Waals surface area contributed by atoms with Crippen molar-refractivity contribution in [2.24, 2.45) is 0 Å². The Morgan fingerprint density at radius 3 is 2.43 bits per heavy atom. The van der Waals surface area contributed by atoms with Gasteiger partial charge in [-0.1, -0.05) is 26.0 Å². The second-order valence-corrected chi connectivity index (χ2v) is 5.59. The molecule has 0 unspecified atom stereocenters. The van der Waals surface area contributed by atoms with E-state index in [0.717, 1.165) is 41.6 Å². The first kappa shape index (κ1) is 15.5. The van der Waals surface area contributed by atoms with Gasteiger partial charge in [-0.3, -0.25) is 0 Å². The summed E-state index contributed by atoms with van der Waals surface area (Å²) in [4.78, 5) is 0. The van der Waals surface area contributed by atoms with Gasteiger partial charge in [-0.15, -0.1) is 0 Å². The fourth-order valence-corrected chi connectivity index (χ4v) is 2.71. The van der Waals surface area contributed by atoms with Crippen molar-refractivity contribution in [3.63, 3.8) is 0 Å². The van der Waals surface area contributed by atoms with Crippen molar-refractivity contribution in [1.82, 2.24) is 0 Å². The first-order valence-electron chi connectivity index (χ1n) is 7.93. The van der Waals surface area contributed by atoms with Crippen LogP contribution in [-0.4, -0.2) is 20.5 Å². The summed E-state index contributed by atoms with van der Waals surface area (Å²) in [5.41, 5.74) is 2.28. The molecule has 0 N–H and O–H groups in total. The summed E-state index contributed by atoms with van der Waals surface area (Å²) in [7, 11) is 1.68. The minimum atomic E-state index is 0.180. The Balaban J connectivity index is 1.86. The zero-order valence-corrected chi connectivity index (χ0v) is 13.8. The minimum absolute atomic E-state index is 0.180. The summed E-state index contributed by atoms with van der Waals surface area (Å²) < 4.78 is 22.1. The van der Waals surface area contributed by atoms with E-state index in [1.54, 1.807) is 7.11 Å². The molecule has 23 heavy (non-hydrogen) atoms. The molecule has 4 nitrogen and oxygen atoms in total. The van der Waals surface area contributed by atoms with Crippen LogP contribution in [0.5, 0.6) is 23.0 Å². The van der Waals surface area contributed by atoms with Gasteiger partial charge in [-0.2, -0.15) is 0 Å². The molecule has 2 aromatic carbocycles. The van der Waals surface area contributed by atoms with Crippen LogP contribution in [0.1, 0.15) is 37.3 Å². The van der Waals surface area contributed by atoms with E-state index in [0.29, 0.717) is 0 Å². The quantitative estimate of drug-likeness (QED) is 0.793. The van der Waals surface area contributed by atoms with Gasteiger partial charge in [0.15, 0.2) is 11.5 Å². The molecule has 3 rings (SSSR count). The lowest BCUT2D eigenvalue weighted by atomic mass is 9.92. The lowest BCUT2D eigenvalue weighted by Crippen LogP contribution is -2.00. The number of methoxy groups -OCH3 is 1. The van der Waals surface area contributed by atoms with E-state index in [2.05, 4.69) is 26.0 Å². The van der Waals surface area contributed by atoms with Crippen LogP contribution in [0.15, 0.2) is 36.4 Å². The van der Waals surface area contributed by atoms with Crippen LogP contribution in [0.3, 0.4) is 0 Å². The molecular weight excluding hydrogens is 292 g/mol. The van der Waals surface area contributed by atoms with Crippen LogP contribution in [0.4, 0.5) is 0 Å². The van der Waals surface area contributed by atoms with Crippen LogP contribution in [0.25, 0.3) is 0 Å². The van der Waals surface area contributed by atoms with Crippen LogP contribution < -0.4 is 18.9 Å². The van der Waals surface area contributed by atoms with Crippen molar-refractivity contribution in [3.8, 4) is 23.0 Å². The Bertz CT molecular complexity index is 664. The third-order valence-electron chi connectivity index (χ3n) is 4.04. The average molecular weight is 314 g/mol. The Morgan fingerprint density at radius 2 is 1.78 bits per heavy atom. The van der Waals surface area contributed by atoms with E-state index < -0.39 is 0 Å². The average Bonchev–Trinajstić information content (AvgIpc) is 3.06. The molecule has 1 atom stereocenters. The third-order valence-corrected chi connectivity index (χ3v) is 4.04. The van der Waals surface area contributed by atoms with E-state index in [1.165, 1.54) is 5.56 Å². The molecule has 1 heterocycles. The zero-order chi connectivity index (χ0) is 16.2. The summed E-state index contributed by atoms with van der Waals surface area (Å²) in [6.07, 6.45) is 1.01. The van der Waals surface area contributed by atoms with Crippen molar-refractivity contribution < 1.29 is 18.9 Å². The van der Waals surface area contributed by atoms with Gasteiger partial charge in [0, 0.05) is 17.5 Å². The first-order chi connectivity index (χ1) is 11.2. The molecule has 0 amide bonds. The van der Waals surface area contributed by atoms with Gasteiger partial charge < -0.3 is 18.9 Å². The molecular formula is C19H22O4. The van der Waals surface area contributed by atoms with Crippen LogP contribution >= 0.6 is 0 Å². The maximum atomic E-state index is 5.64. The molecule has 0 aliphatic carbocycles. The molecule has 0 spiro atoms. The number of hydrogen-bond acceptors (Lipinski definition) is 4. The van der Waals surface area contributed by atoms with Crippen molar-refractivity contribution >= 4 is 0 Å². The Hall–Kier alpha value is -2.36. The number of rotatable bonds is 6. The lowest BCUT2D eigenvalue weighted by Gasteiger charge is -2.17. The predicted molar refractivity (Wildman–Crippen MR) is 88.9 cm³/mol. The normalized spacial score (nSPS) is 13.7. The molecule has 1 aliphatic rings. The number of fused-ring (bicyclic) bond motifs is 1. The topological polar surface area (TPSA) is 36.9 Å².